The highest BCUT2D eigenvalue weighted by molar-refractivity contribution is 9.10. The molecule has 0 radical (unpaired) electrons. The van der Waals surface area contributed by atoms with E-state index in [0.717, 1.165) is 16.4 Å². The van der Waals surface area contributed by atoms with E-state index >= 15 is 0 Å². The molecule has 1 unspecified atom stereocenters. The lowest BCUT2D eigenvalue weighted by Crippen LogP contribution is -2.32. The summed E-state index contributed by atoms with van der Waals surface area (Å²) in [4.78, 5) is 21.7. The molecule has 0 bridgehead atoms. The number of carbonyl (C=O) groups is 1. The Labute approximate surface area is 130 Å². The summed E-state index contributed by atoms with van der Waals surface area (Å²) in [5, 5.41) is 11.0. The van der Waals surface area contributed by atoms with Crippen LogP contribution in [0.15, 0.2) is 27.6 Å². The summed E-state index contributed by atoms with van der Waals surface area (Å²) in [6.07, 6.45) is 0.829. The molecule has 1 fully saturated rings. The predicted molar refractivity (Wildman–Crippen MR) is 78.1 cm³/mol. The van der Waals surface area contributed by atoms with Gasteiger partial charge < -0.3 is 0 Å². The largest absolute Gasteiger partial charge is 0.289 e. The lowest BCUT2D eigenvalue weighted by Gasteiger charge is -2.17. The van der Waals surface area contributed by atoms with Crippen LogP contribution in [0.25, 0.3) is 0 Å². The van der Waals surface area contributed by atoms with Gasteiger partial charge in [0.15, 0.2) is 4.90 Å². The molecule has 1 heterocycles. The van der Waals surface area contributed by atoms with Gasteiger partial charge in [-0.25, -0.2) is 12.7 Å². The molecule has 7 nitrogen and oxygen atoms in total. The number of benzene rings is 1. The van der Waals surface area contributed by atoms with E-state index in [1.165, 1.54) is 6.07 Å². The number of hydrogen-bond acceptors (Lipinski definition) is 5. The topological polar surface area (TPSA) is 97.6 Å². The molecule has 1 aromatic rings. The molecular formula is C12H13BrN2O5S. The molecule has 1 atom stereocenters. The molecule has 21 heavy (non-hydrogen) atoms. The molecule has 1 aliphatic rings. The minimum absolute atomic E-state index is 0.0431. The average Bonchev–Trinajstić information content (AvgIpc) is 2.80. The van der Waals surface area contributed by atoms with E-state index in [1.54, 1.807) is 0 Å². The Hall–Kier alpha value is -1.48. The summed E-state index contributed by atoms with van der Waals surface area (Å²) in [5.41, 5.74) is -0.536. The first-order chi connectivity index (χ1) is 9.77. The zero-order valence-electron chi connectivity index (χ0n) is 11.2. The van der Waals surface area contributed by atoms with Crippen LogP contribution < -0.4 is 0 Å². The first kappa shape index (κ1) is 15.9. The Morgan fingerprint density at radius 1 is 1.48 bits per heavy atom. The van der Waals surface area contributed by atoms with Gasteiger partial charge in [0.05, 0.1) is 4.92 Å². The summed E-state index contributed by atoms with van der Waals surface area (Å²) in [6, 6.07) is 3.65. The maximum absolute atomic E-state index is 12.6. The molecule has 1 aromatic carbocycles. The van der Waals surface area contributed by atoms with Gasteiger partial charge in [-0.15, -0.1) is 0 Å². The minimum atomic E-state index is -4.22. The van der Waals surface area contributed by atoms with Crippen LogP contribution in [0.2, 0.25) is 0 Å². The highest BCUT2D eigenvalue weighted by Crippen LogP contribution is 2.33. The molecule has 0 saturated carbocycles. The van der Waals surface area contributed by atoms with Crippen LogP contribution in [-0.4, -0.2) is 30.1 Å². The number of hydrogen-bond donors (Lipinski definition) is 0. The summed E-state index contributed by atoms with van der Waals surface area (Å²) < 4.78 is 26.3. The van der Waals surface area contributed by atoms with Crippen LogP contribution in [0.3, 0.4) is 0 Å². The molecule has 1 amide bonds. The summed E-state index contributed by atoms with van der Waals surface area (Å²) >= 11 is 3.10. The van der Waals surface area contributed by atoms with Crippen LogP contribution in [0, 0.1) is 16.0 Å². The Morgan fingerprint density at radius 2 is 2.14 bits per heavy atom. The maximum atomic E-state index is 12.6. The number of nitrogens with zero attached hydrogens (tertiary/aromatic N) is 2. The van der Waals surface area contributed by atoms with Crippen LogP contribution in [0.4, 0.5) is 5.69 Å². The van der Waals surface area contributed by atoms with Gasteiger partial charge in [0.25, 0.3) is 15.7 Å². The lowest BCUT2D eigenvalue weighted by atomic mass is 10.1. The number of nitro groups is 1. The zero-order chi connectivity index (χ0) is 15.8. The standard InChI is InChI=1S/C12H13BrN2O5S/c1-2-8-5-12(16)14(7-8)21(19,20)11-6-9(13)3-4-10(11)15(17)18/h3-4,6,8H,2,5,7H2,1H3. The van der Waals surface area contributed by atoms with E-state index in [9.17, 15) is 23.3 Å². The monoisotopic (exact) mass is 376 g/mol. The fraction of sp³-hybridized carbons (Fsp3) is 0.417. The normalized spacial score (nSPS) is 19.0. The highest BCUT2D eigenvalue weighted by atomic mass is 79.9. The molecule has 0 aromatic heterocycles. The van der Waals surface area contributed by atoms with E-state index in [0.29, 0.717) is 10.9 Å². The zero-order valence-corrected chi connectivity index (χ0v) is 13.6. The van der Waals surface area contributed by atoms with Gasteiger partial charge in [0.1, 0.15) is 0 Å². The number of halogens is 1. The van der Waals surface area contributed by atoms with Gasteiger partial charge in [0.2, 0.25) is 5.91 Å². The Morgan fingerprint density at radius 3 is 2.67 bits per heavy atom. The van der Waals surface area contributed by atoms with Gasteiger partial charge in [-0.2, -0.15) is 0 Å². The number of carbonyl (C=O) groups excluding carboxylic acids is 1. The smallest absolute Gasteiger partial charge is 0.274 e. The van der Waals surface area contributed by atoms with Crippen molar-refractivity contribution in [3.63, 3.8) is 0 Å². The second-order valence-electron chi connectivity index (χ2n) is 4.78. The third-order valence-corrected chi connectivity index (χ3v) is 5.74. The lowest BCUT2D eigenvalue weighted by molar-refractivity contribution is -0.387. The van der Waals surface area contributed by atoms with E-state index < -0.39 is 31.4 Å². The SMILES string of the molecule is CCC1CC(=O)N(S(=O)(=O)c2cc(Br)ccc2[N+](=O)[O-])C1. The average molecular weight is 377 g/mol. The van der Waals surface area contributed by atoms with Crippen LogP contribution >= 0.6 is 15.9 Å². The molecule has 0 spiro atoms. The van der Waals surface area contributed by atoms with Crippen molar-refractivity contribution in [1.82, 2.24) is 4.31 Å². The van der Waals surface area contributed by atoms with Crippen molar-refractivity contribution in [2.75, 3.05) is 6.54 Å². The molecule has 9 heteroatoms. The summed E-state index contributed by atoms with van der Waals surface area (Å²) in [5.74, 6) is -0.561. The van der Waals surface area contributed by atoms with Crippen LogP contribution in [0.1, 0.15) is 19.8 Å². The maximum Gasteiger partial charge on any atom is 0.289 e. The van der Waals surface area contributed by atoms with Crippen molar-refractivity contribution >= 4 is 37.5 Å². The van der Waals surface area contributed by atoms with Crippen molar-refractivity contribution in [3.8, 4) is 0 Å². The third-order valence-electron chi connectivity index (χ3n) is 3.43. The van der Waals surface area contributed by atoms with Crippen molar-refractivity contribution in [3.05, 3.63) is 32.8 Å². The Kier molecular flexibility index (Phi) is 4.33. The molecule has 2 rings (SSSR count). The van der Waals surface area contributed by atoms with E-state index in [1.807, 2.05) is 6.92 Å². The van der Waals surface area contributed by atoms with Crippen molar-refractivity contribution in [2.24, 2.45) is 5.92 Å². The van der Waals surface area contributed by atoms with E-state index in [-0.39, 0.29) is 18.9 Å². The highest BCUT2D eigenvalue weighted by Gasteiger charge is 2.40. The first-order valence-corrected chi connectivity index (χ1v) is 8.50. The summed E-state index contributed by atoms with van der Waals surface area (Å²) in [6.45, 7) is 1.94. The fourth-order valence-electron chi connectivity index (χ4n) is 2.22. The second-order valence-corrected chi connectivity index (χ2v) is 7.52. The third kappa shape index (κ3) is 2.93. The van der Waals surface area contributed by atoms with Crippen molar-refractivity contribution in [2.45, 2.75) is 24.7 Å². The minimum Gasteiger partial charge on any atom is -0.274 e. The molecular weight excluding hydrogens is 364 g/mol. The first-order valence-electron chi connectivity index (χ1n) is 6.27. The summed E-state index contributed by atoms with van der Waals surface area (Å²) in [7, 11) is -4.22. The van der Waals surface area contributed by atoms with Crippen molar-refractivity contribution in [1.29, 1.82) is 0 Å². The molecule has 114 valence electrons. The number of rotatable bonds is 4. The second kappa shape index (κ2) is 5.72. The molecule has 1 saturated heterocycles. The molecule has 0 aliphatic carbocycles. The van der Waals surface area contributed by atoms with Crippen LogP contribution in [0.5, 0.6) is 0 Å². The van der Waals surface area contributed by atoms with Gasteiger partial charge >= 0.3 is 0 Å². The van der Waals surface area contributed by atoms with E-state index in [4.69, 9.17) is 0 Å². The van der Waals surface area contributed by atoms with Gasteiger partial charge in [0, 0.05) is 23.5 Å². The Bertz CT molecular complexity index is 704. The molecule has 0 N–H and O–H groups in total. The number of amides is 1. The predicted octanol–water partition coefficient (Wildman–Crippen LogP) is 2.30. The van der Waals surface area contributed by atoms with Crippen molar-refractivity contribution < 1.29 is 18.1 Å². The van der Waals surface area contributed by atoms with Crippen LogP contribution in [-0.2, 0) is 14.8 Å². The molecule has 1 aliphatic heterocycles. The fourth-order valence-corrected chi connectivity index (χ4v) is 4.40. The van der Waals surface area contributed by atoms with Gasteiger partial charge in [-0.1, -0.05) is 29.3 Å². The number of sulfonamides is 1. The van der Waals surface area contributed by atoms with Gasteiger partial charge in [-0.3, -0.25) is 14.9 Å². The van der Waals surface area contributed by atoms with Gasteiger partial charge in [-0.05, 0) is 18.1 Å². The quantitative estimate of drug-likeness (QED) is 0.592. The number of nitro benzene ring substituents is 1. The Balaban J connectivity index is 2.52. The van der Waals surface area contributed by atoms with E-state index in [2.05, 4.69) is 15.9 Å².